The minimum Gasteiger partial charge on any atom is -0.294 e. The molecule has 1 fully saturated rings. The smallest absolute Gasteiger partial charge is 0.294 e. The van der Waals surface area contributed by atoms with Crippen LogP contribution in [0.2, 0.25) is 15.1 Å². The number of halogens is 25. The number of pyridine rings is 3. The molecule has 0 N–H and O–H groups in total. The number of rotatable bonds is 12. The lowest BCUT2D eigenvalue weighted by Gasteiger charge is -2.31. The average Bonchev–Trinajstić information content (AvgIpc) is 0.799. The van der Waals surface area contributed by atoms with Crippen molar-refractivity contribution < 1.29 is 116 Å². The van der Waals surface area contributed by atoms with Gasteiger partial charge in [-0.2, -0.15) is 83.4 Å². The lowest BCUT2D eigenvalue weighted by molar-refractivity contribution is -0.349. The van der Waals surface area contributed by atoms with Crippen molar-refractivity contribution in [2.45, 2.75) is 128 Å². The van der Waals surface area contributed by atoms with Crippen molar-refractivity contribution in [3.63, 3.8) is 0 Å². The number of benzene rings is 6. The molecule has 0 bridgehead atoms. The zero-order chi connectivity index (χ0) is 78.3. The van der Waals surface area contributed by atoms with Gasteiger partial charge in [-0.1, -0.05) is 77.3 Å². The topological polar surface area (TPSA) is 127 Å². The van der Waals surface area contributed by atoms with E-state index < -0.39 is 82.3 Å². The van der Waals surface area contributed by atoms with Crippen molar-refractivity contribution in [2.24, 2.45) is 0 Å². The van der Waals surface area contributed by atoms with E-state index in [2.05, 4.69) is 15.0 Å². The monoisotopic (exact) mass is 1560 g/mol. The number of carbonyl (C=O) groups excluding carboxylic acids is 5. The average molecular weight is 1570 g/mol. The summed E-state index contributed by atoms with van der Waals surface area (Å²) in [5.74, 6) is -1.91. The Hall–Kier alpha value is -8.61. The van der Waals surface area contributed by atoms with E-state index in [1.165, 1.54) is 90.3 Å². The molecule has 0 radical (unpaired) electrons. The van der Waals surface area contributed by atoms with Gasteiger partial charge >= 0.3 is 54.1 Å². The van der Waals surface area contributed by atoms with E-state index in [0.717, 1.165) is 0 Å². The fraction of sp³-hybridized carbons (Fsp3) is 0.286. The van der Waals surface area contributed by atoms with Crippen LogP contribution in [0.1, 0.15) is 111 Å². The molecule has 34 heteroatoms. The summed E-state index contributed by atoms with van der Waals surface area (Å²) in [6.45, 7) is 7.38. The number of aryl methyl sites for hydroxylation is 6. The molecule has 1 saturated heterocycles. The zero-order valence-corrected chi connectivity index (χ0v) is 57.0. The molecule has 9 aromatic rings. The van der Waals surface area contributed by atoms with E-state index in [0.29, 0.717) is 89.1 Å². The molecule has 2 amide bonds. The number of hydrogen-bond acceptors (Lipinski definition) is 8. The second-order valence-corrected chi connectivity index (χ2v) is 25.4. The minimum absolute atomic E-state index is 0.0404. The quantitative estimate of drug-likeness (QED) is 0.0512. The Morgan fingerprint density at radius 2 is 0.692 bits per heavy atom. The first-order valence-corrected chi connectivity index (χ1v) is 31.2. The van der Waals surface area contributed by atoms with Gasteiger partial charge in [0.2, 0.25) is 11.8 Å². The number of fused-ring (bicyclic) bond motifs is 3. The highest BCUT2D eigenvalue weighted by atomic mass is 35.5. The molecule has 4 heterocycles. The first-order chi connectivity index (χ1) is 47.7. The number of ketones is 3. The highest BCUT2D eigenvalue weighted by Gasteiger charge is 2.75. The van der Waals surface area contributed by atoms with Crippen molar-refractivity contribution in [3.05, 3.63) is 226 Å². The SMILES string of the molecule is Cc1cc(C(F)(C(F)(F)F)C(F)(F)F)cc(C)c1CC(=O)c1cc(Cl)c2ncc(Cl)cc2c1.Cc1cc(C(F)(C(F)(F)F)C(F)(F)F)cc(C)c1CC(=O)c1ccc2ncc(Cl)cc2c1.Cc1cc(C(F)(C(F)(F)F)C(F)(F)F)cc(C)c1CC(=O)c1ccc2ncccc2c1.O=C1CCC(=O)N1Cl. The Balaban J connectivity index is 0.000000206. The van der Waals surface area contributed by atoms with Crippen LogP contribution >= 0.6 is 46.6 Å². The molecule has 0 saturated carbocycles. The van der Waals surface area contributed by atoms with Gasteiger partial charge in [0.15, 0.2) is 17.3 Å². The second kappa shape index (κ2) is 30.5. The van der Waals surface area contributed by atoms with Gasteiger partial charge in [0.1, 0.15) is 0 Å². The van der Waals surface area contributed by atoms with E-state index >= 15 is 0 Å². The van der Waals surface area contributed by atoms with E-state index in [4.69, 9.17) is 46.6 Å². The first kappa shape index (κ1) is 82.7. The molecule has 10 rings (SSSR count). The fourth-order valence-corrected chi connectivity index (χ4v) is 11.9. The molecule has 3 aromatic heterocycles. The Labute approximate surface area is 595 Å². The van der Waals surface area contributed by atoms with Crippen LogP contribution in [0.5, 0.6) is 0 Å². The van der Waals surface area contributed by atoms with Gasteiger partial charge in [0.05, 0.1) is 31.6 Å². The lowest BCUT2D eigenvalue weighted by Crippen LogP contribution is -2.50. The van der Waals surface area contributed by atoms with Crippen LogP contribution < -0.4 is 0 Å². The third kappa shape index (κ3) is 17.2. The summed E-state index contributed by atoms with van der Waals surface area (Å²) in [5.41, 5.74) is -18.7. The molecule has 554 valence electrons. The standard InChI is InChI=1S/C22H14Cl2F7NO.C22H15ClF7NO.C22H16F7NO.C4H4ClNO2/c1-10-3-14(20(25,21(26,27)28)22(29,30)31)4-11(2)16(10)8-18(33)12-5-13-6-15(23)9-32-19(13)17(24)7-12;1-11-5-15(20(24,21(25,26)27)22(28,29)30)6-12(2)17(11)9-19(32)13-3-4-18-14(7-13)8-16(23)10-31-18;1-12-8-16(20(23,21(24,25)26)22(27,28)29)9-13(2)17(12)11-19(31)15-5-6-18-14(10-15)4-3-7-30-18;5-6-3(7)1-2-4(6)8/h3-7,9H,8H2,1-2H3;3-8,10H,9H2,1-2H3;3-10H,11H2,1-2H3;1-2H2. The predicted molar refractivity (Wildman–Crippen MR) is 344 cm³/mol. The van der Waals surface area contributed by atoms with Crippen molar-refractivity contribution in [1.29, 1.82) is 0 Å². The maximum atomic E-state index is 14.4. The third-order valence-electron chi connectivity index (χ3n) is 16.5. The summed E-state index contributed by atoms with van der Waals surface area (Å²) >= 11 is 23.1. The number of hydrogen-bond donors (Lipinski definition) is 0. The molecule has 1 aliphatic heterocycles. The molecule has 0 atom stereocenters. The van der Waals surface area contributed by atoms with Crippen molar-refractivity contribution >= 4 is 108 Å². The molecular formula is C70H49Cl4F21N4O5. The highest BCUT2D eigenvalue weighted by molar-refractivity contribution is 6.36. The Morgan fingerprint density at radius 1 is 0.385 bits per heavy atom. The number of amides is 2. The van der Waals surface area contributed by atoms with Crippen molar-refractivity contribution in [1.82, 2.24) is 19.4 Å². The Bertz CT molecular complexity index is 4710. The zero-order valence-electron chi connectivity index (χ0n) is 53.9. The number of carbonyl (C=O) groups is 5. The largest absolute Gasteiger partial charge is 0.435 e. The van der Waals surface area contributed by atoms with Crippen LogP contribution in [0, 0.1) is 41.5 Å². The molecule has 6 aromatic carbocycles. The lowest BCUT2D eigenvalue weighted by atomic mass is 9.87. The van der Waals surface area contributed by atoms with Gasteiger partial charge in [-0.25, -0.2) is 13.2 Å². The summed E-state index contributed by atoms with van der Waals surface area (Å²) in [4.78, 5) is 71.3. The summed E-state index contributed by atoms with van der Waals surface area (Å²) in [5, 5.41) is 2.58. The van der Waals surface area contributed by atoms with E-state index in [1.807, 2.05) is 0 Å². The van der Waals surface area contributed by atoms with Crippen LogP contribution in [0.4, 0.5) is 92.2 Å². The van der Waals surface area contributed by atoms with E-state index in [9.17, 15) is 116 Å². The number of aromatic nitrogens is 3. The summed E-state index contributed by atoms with van der Waals surface area (Å²) in [6.07, 6.45) is -33.2. The maximum Gasteiger partial charge on any atom is 0.435 e. The van der Waals surface area contributed by atoms with Crippen LogP contribution in [0.15, 0.2) is 128 Å². The minimum atomic E-state index is -6.22. The summed E-state index contributed by atoms with van der Waals surface area (Å²) in [6, 6.07) is 21.7. The number of nitrogens with zero attached hydrogens (tertiary/aromatic N) is 4. The van der Waals surface area contributed by atoms with Gasteiger partial charge in [0.25, 0.3) is 0 Å². The molecule has 104 heavy (non-hydrogen) atoms. The van der Waals surface area contributed by atoms with Gasteiger partial charge < -0.3 is 0 Å². The van der Waals surface area contributed by atoms with Crippen LogP contribution in [-0.2, 0) is 45.9 Å². The van der Waals surface area contributed by atoms with Crippen molar-refractivity contribution in [2.75, 3.05) is 0 Å². The molecule has 0 spiro atoms. The molecule has 0 aliphatic carbocycles. The van der Waals surface area contributed by atoms with Crippen LogP contribution in [0.3, 0.4) is 0 Å². The van der Waals surface area contributed by atoms with Gasteiger partial charge in [-0.3, -0.25) is 38.9 Å². The highest BCUT2D eigenvalue weighted by Crippen LogP contribution is 2.56. The maximum absolute atomic E-state index is 14.4. The number of alkyl halides is 21. The molecule has 1 aliphatic rings. The van der Waals surface area contributed by atoms with Gasteiger partial charge in [-0.15, -0.1) is 0 Å². The van der Waals surface area contributed by atoms with E-state index in [1.54, 1.807) is 42.6 Å². The number of imide groups is 1. The van der Waals surface area contributed by atoms with Gasteiger partial charge in [-0.05, 0) is 158 Å². The summed E-state index contributed by atoms with van der Waals surface area (Å²) < 4.78 is 279. The molecule has 0 unspecified atom stereocenters. The second-order valence-electron chi connectivity index (χ2n) is 23.8. The number of Topliss-reactive ketones (excluding diaryl/α,β-unsaturated/α-hetero) is 3. The van der Waals surface area contributed by atoms with Crippen LogP contribution in [-0.4, -0.2) is 85.6 Å². The van der Waals surface area contributed by atoms with Crippen molar-refractivity contribution in [3.8, 4) is 0 Å². The van der Waals surface area contributed by atoms with Crippen LogP contribution in [0.25, 0.3) is 32.7 Å². The third-order valence-corrected chi connectivity index (χ3v) is 17.6. The first-order valence-electron chi connectivity index (χ1n) is 29.7. The Kier molecular flexibility index (Phi) is 24.2. The normalized spacial score (nSPS) is 13.5. The van der Waals surface area contributed by atoms with Gasteiger partial charge in [0, 0.05) is 112 Å². The fourth-order valence-electron chi connectivity index (χ4n) is 11.1. The molecule has 9 nitrogen and oxygen atoms in total. The predicted octanol–water partition coefficient (Wildman–Crippen LogP) is 21.9. The molecular weight excluding hydrogens is 1520 g/mol. The Morgan fingerprint density at radius 3 is 1.03 bits per heavy atom. The summed E-state index contributed by atoms with van der Waals surface area (Å²) in [7, 11) is 0. The van der Waals surface area contributed by atoms with E-state index in [-0.39, 0.29) is 116 Å².